The number of rotatable bonds is 2. The summed E-state index contributed by atoms with van der Waals surface area (Å²) in [6.07, 6.45) is 1.31. The fraction of sp³-hybridized carbons (Fsp3) is 0.500. The zero-order chi connectivity index (χ0) is 11.9. The van der Waals surface area contributed by atoms with E-state index in [1.165, 1.54) is 0 Å². The molecule has 0 bridgehead atoms. The largest absolute Gasteiger partial charge is 0.392 e. The van der Waals surface area contributed by atoms with Gasteiger partial charge in [-0.05, 0) is 24.8 Å². The minimum Gasteiger partial charge on any atom is -0.392 e. The lowest BCUT2D eigenvalue weighted by molar-refractivity contribution is -0.137. The highest BCUT2D eigenvalue weighted by molar-refractivity contribution is 6.26. The molecule has 0 aromatic rings. The summed E-state index contributed by atoms with van der Waals surface area (Å²) in [5, 5.41) is 11.2. The molecule has 0 aromatic heterocycles. The molecule has 1 heterocycles. The fourth-order valence-corrected chi connectivity index (χ4v) is 2.49. The molecule has 2 rings (SSSR count). The van der Waals surface area contributed by atoms with Gasteiger partial charge in [0.1, 0.15) is 0 Å². The second-order valence-electron chi connectivity index (χ2n) is 4.04. The Morgan fingerprint density at radius 3 is 2.75 bits per heavy atom. The number of imide groups is 1. The second-order valence-corrected chi connectivity index (χ2v) is 4.04. The van der Waals surface area contributed by atoms with Crippen molar-refractivity contribution in [2.75, 3.05) is 6.61 Å². The molecule has 0 spiro atoms. The molecular weight excluding hydrogens is 212 g/mol. The van der Waals surface area contributed by atoms with Gasteiger partial charge in [0.25, 0.3) is 5.91 Å². The smallest absolute Gasteiger partial charge is 0.255 e. The van der Waals surface area contributed by atoms with E-state index >= 15 is 0 Å². The van der Waals surface area contributed by atoms with Gasteiger partial charge in [0.15, 0.2) is 5.41 Å². The van der Waals surface area contributed by atoms with Gasteiger partial charge in [-0.3, -0.25) is 19.7 Å². The highest BCUT2D eigenvalue weighted by Crippen LogP contribution is 2.44. The van der Waals surface area contributed by atoms with Crippen molar-refractivity contribution >= 4 is 17.7 Å². The third-order valence-electron chi connectivity index (χ3n) is 3.26. The number of nitrogens with one attached hydrogen (secondary N) is 1. The molecular formula is C10H12N2O4. The van der Waals surface area contributed by atoms with Crippen LogP contribution >= 0.6 is 0 Å². The molecule has 0 saturated carbocycles. The first-order valence-electron chi connectivity index (χ1n) is 5.03. The Bertz CT molecular complexity index is 427. The van der Waals surface area contributed by atoms with Crippen molar-refractivity contribution in [2.24, 2.45) is 11.1 Å². The predicted octanol–water partition coefficient (Wildman–Crippen LogP) is -1.41. The number of hydrogen-bond donors (Lipinski definition) is 3. The molecule has 1 aliphatic heterocycles. The van der Waals surface area contributed by atoms with Crippen LogP contribution in [0.5, 0.6) is 0 Å². The minimum absolute atomic E-state index is 0.0683. The van der Waals surface area contributed by atoms with Crippen LogP contribution in [0.15, 0.2) is 11.1 Å². The number of carbonyl (C=O) groups is 3. The zero-order valence-corrected chi connectivity index (χ0v) is 8.58. The summed E-state index contributed by atoms with van der Waals surface area (Å²) in [6.45, 7) is -0.328. The monoisotopic (exact) mass is 224 g/mol. The van der Waals surface area contributed by atoms with Crippen molar-refractivity contribution in [3.8, 4) is 0 Å². The van der Waals surface area contributed by atoms with Gasteiger partial charge in [-0.25, -0.2) is 0 Å². The van der Waals surface area contributed by atoms with Gasteiger partial charge in [-0.2, -0.15) is 0 Å². The van der Waals surface area contributed by atoms with E-state index in [-0.39, 0.29) is 18.6 Å². The van der Waals surface area contributed by atoms with Crippen LogP contribution in [0.25, 0.3) is 0 Å². The predicted molar refractivity (Wildman–Crippen MR) is 52.7 cm³/mol. The second kappa shape index (κ2) is 3.41. The van der Waals surface area contributed by atoms with Crippen LogP contribution in [0, 0.1) is 5.41 Å². The number of hydrogen-bond acceptors (Lipinski definition) is 4. The van der Waals surface area contributed by atoms with E-state index < -0.39 is 23.1 Å². The Kier molecular flexibility index (Phi) is 2.31. The van der Waals surface area contributed by atoms with Gasteiger partial charge in [-0.1, -0.05) is 0 Å². The Hall–Kier alpha value is -1.69. The van der Waals surface area contributed by atoms with Crippen molar-refractivity contribution in [1.29, 1.82) is 0 Å². The van der Waals surface area contributed by atoms with E-state index in [4.69, 9.17) is 10.8 Å². The summed E-state index contributed by atoms with van der Waals surface area (Å²) in [5.41, 5.74) is 4.20. The van der Waals surface area contributed by atoms with Gasteiger partial charge in [0, 0.05) is 5.57 Å². The molecule has 1 saturated heterocycles. The third-order valence-corrected chi connectivity index (χ3v) is 3.26. The van der Waals surface area contributed by atoms with E-state index in [0.29, 0.717) is 18.4 Å². The summed E-state index contributed by atoms with van der Waals surface area (Å²) in [5.74, 6) is -2.09. The summed E-state index contributed by atoms with van der Waals surface area (Å²) in [6, 6.07) is 0. The Morgan fingerprint density at radius 2 is 2.19 bits per heavy atom. The molecule has 0 aromatic carbocycles. The molecule has 1 aliphatic carbocycles. The number of primary amides is 1. The fourth-order valence-electron chi connectivity index (χ4n) is 2.49. The van der Waals surface area contributed by atoms with Crippen LogP contribution in [0.2, 0.25) is 0 Å². The first-order valence-corrected chi connectivity index (χ1v) is 5.03. The highest BCUT2D eigenvalue weighted by atomic mass is 16.3. The summed E-state index contributed by atoms with van der Waals surface area (Å²) >= 11 is 0. The first-order chi connectivity index (χ1) is 7.54. The SMILES string of the molecule is NC(=O)C12CCCC(CO)=C1C(=O)NC2=O. The summed E-state index contributed by atoms with van der Waals surface area (Å²) < 4.78 is 0. The number of carbonyl (C=O) groups excluding carboxylic acids is 3. The molecule has 2 aliphatic rings. The van der Waals surface area contributed by atoms with E-state index in [2.05, 4.69) is 5.32 Å². The molecule has 6 nitrogen and oxygen atoms in total. The number of fused-ring (bicyclic) bond motifs is 1. The molecule has 4 N–H and O–H groups in total. The minimum atomic E-state index is -1.55. The van der Waals surface area contributed by atoms with Crippen LogP contribution in [-0.4, -0.2) is 29.4 Å². The molecule has 6 heteroatoms. The van der Waals surface area contributed by atoms with Crippen LogP contribution in [0.3, 0.4) is 0 Å². The van der Waals surface area contributed by atoms with Gasteiger partial charge < -0.3 is 10.8 Å². The lowest BCUT2D eigenvalue weighted by Crippen LogP contribution is -2.45. The van der Waals surface area contributed by atoms with Crippen molar-refractivity contribution in [3.63, 3.8) is 0 Å². The van der Waals surface area contributed by atoms with Crippen molar-refractivity contribution in [2.45, 2.75) is 19.3 Å². The number of nitrogens with two attached hydrogens (primary N) is 1. The number of amides is 3. The Balaban J connectivity index is 2.66. The van der Waals surface area contributed by atoms with Crippen molar-refractivity contribution < 1.29 is 19.5 Å². The normalized spacial score (nSPS) is 29.1. The standard InChI is InChI=1S/C10H12N2O4/c11-8(15)10-3-1-2-5(4-13)6(10)7(14)12-9(10)16/h13H,1-4H2,(H2,11,15)(H,12,14,16). The average molecular weight is 224 g/mol. The molecule has 1 fully saturated rings. The van der Waals surface area contributed by atoms with Crippen LogP contribution in [0.1, 0.15) is 19.3 Å². The average Bonchev–Trinajstić information content (AvgIpc) is 2.52. The van der Waals surface area contributed by atoms with Crippen LogP contribution in [-0.2, 0) is 14.4 Å². The van der Waals surface area contributed by atoms with Crippen molar-refractivity contribution in [1.82, 2.24) is 5.32 Å². The van der Waals surface area contributed by atoms with E-state index in [9.17, 15) is 14.4 Å². The summed E-state index contributed by atoms with van der Waals surface area (Å²) in [7, 11) is 0. The molecule has 1 atom stereocenters. The first kappa shape index (κ1) is 10.8. The van der Waals surface area contributed by atoms with Gasteiger partial charge in [0.2, 0.25) is 11.8 Å². The molecule has 1 unspecified atom stereocenters. The Labute approximate surface area is 91.5 Å². The maximum absolute atomic E-state index is 11.7. The maximum atomic E-state index is 11.7. The van der Waals surface area contributed by atoms with Crippen LogP contribution in [0.4, 0.5) is 0 Å². The summed E-state index contributed by atoms with van der Waals surface area (Å²) in [4.78, 5) is 34.8. The zero-order valence-electron chi connectivity index (χ0n) is 8.58. The van der Waals surface area contributed by atoms with E-state index in [1.54, 1.807) is 0 Å². The Morgan fingerprint density at radius 1 is 1.50 bits per heavy atom. The number of aliphatic hydroxyl groups excluding tert-OH is 1. The maximum Gasteiger partial charge on any atom is 0.255 e. The van der Waals surface area contributed by atoms with Crippen molar-refractivity contribution in [3.05, 3.63) is 11.1 Å². The van der Waals surface area contributed by atoms with E-state index in [0.717, 1.165) is 0 Å². The molecule has 0 radical (unpaired) electrons. The van der Waals surface area contributed by atoms with Crippen LogP contribution < -0.4 is 11.1 Å². The van der Waals surface area contributed by atoms with Gasteiger partial charge in [-0.15, -0.1) is 0 Å². The quantitative estimate of drug-likeness (QED) is 0.395. The highest BCUT2D eigenvalue weighted by Gasteiger charge is 2.57. The lowest BCUT2D eigenvalue weighted by Gasteiger charge is -2.29. The lowest BCUT2D eigenvalue weighted by atomic mass is 9.70. The van der Waals surface area contributed by atoms with E-state index in [1.807, 2.05) is 0 Å². The van der Waals surface area contributed by atoms with Gasteiger partial charge in [0.05, 0.1) is 6.61 Å². The molecule has 16 heavy (non-hydrogen) atoms. The number of aliphatic hydroxyl groups is 1. The molecule has 3 amide bonds. The third kappa shape index (κ3) is 1.13. The topological polar surface area (TPSA) is 109 Å². The van der Waals surface area contributed by atoms with Gasteiger partial charge >= 0.3 is 0 Å². The molecule has 86 valence electrons.